The summed E-state index contributed by atoms with van der Waals surface area (Å²) in [7, 11) is -1.44. The molecule has 2 amide bonds. The van der Waals surface area contributed by atoms with Gasteiger partial charge in [-0.05, 0) is 88.1 Å². The summed E-state index contributed by atoms with van der Waals surface area (Å²) in [5, 5.41) is 3.39. The fourth-order valence-electron chi connectivity index (χ4n) is 4.91. The number of ether oxygens (including phenoxy) is 2. The topological polar surface area (TPSA) is 105 Å². The molecule has 0 aliphatic carbocycles. The van der Waals surface area contributed by atoms with Gasteiger partial charge in [-0.3, -0.25) is 13.9 Å². The number of hydrogen-bond donors (Lipinski definition) is 1. The Hall–Kier alpha value is -3.76. The van der Waals surface area contributed by atoms with Gasteiger partial charge in [0.15, 0.2) is 11.5 Å². The number of halogens is 1. The summed E-state index contributed by atoms with van der Waals surface area (Å²) in [6.07, 6.45) is 0.296. The Balaban J connectivity index is 2.16. The van der Waals surface area contributed by atoms with Crippen LogP contribution in [-0.2, 0) is 26.2 Å². The van der Waals surface area contributed by atoms with Crippen LogP contribution in [0.4, 0.5) is 5.69 Å². The third-order valence-corrected chi connectivity index (χ3v) is 9.04. The standard InChI is InChI=1S/C33H42ClN3O6S/c1-9-28(32(39)35-33(4,5)6)36(20-24-12-10-11-13-27(24)34)31(38)21-37(25-17-22(2)16-23(3)18-25)44(40,41)26-14-15-29(42-7)30(19-26)43-8/h10-19,28H,9,20-21H2,1-8H3,(H,35,39). The molecule has 0 spiro atoms. The first kappa shape index (κ1) is 34.7. The molecule has 44 heavy (non-hydrogen) atoms. The minimum Gasteiger partial charge on any atom is -0.493 e. The lowest BCUT2D eigenvalue weighted by molar-refractivity contribution is -0.141. The van der Waals surface area contributed by atoms with Gasteiger partial charge in [0.25, 0.3) is 10.0 Å². The summed E-state index contributed by atoms with van der Waals surface area (Å²) >= 11 is 6.48. The Kier molecular flexibility index (Phi) is 11.3. The fourth-order valence-corrected chi connectivity index (χ4v) is 6.52. The third-order valence-electron chi connectivity index (χ3n) is 6.90. The largest absolute Gasteiger partial charge is 0.493 e. The Morgan fingerprint density at radius 1 is 0.932 bits per heavy atom. The monoisotopic (exact) mass is 643 g/mol. The van der Waals surface area contributed by atoms with Crippen LogP contribution in [0.5, 0.6) is 11.5 Å². The van der Waals surface area contributed by atoms with Crippen LogP contribution >= 0.6 is 11.6 Å². The molecule has 3 aromatic rings. The molecule has 238 valence electrons. The number of aryl methyl sites for hydroxylation is 2. The van der Waals surface area contributed by atoms with E-state index in [0.717, 1.165) is 15.4 Å². The quantitative estimate of drug-likeness (QED) is 0.264. The minimum absolute atomic E-state index is 0.00562. The van der Waals surface area contributed by atoms with Gasteiger partial charge in [0.1, 0.15) is 12.6 Å². The molecule has 9 nitrogen and oxygen atoms in total. The molecule has 0 aromatic heterocycles. The normalized spacial score (nSPS) is 12.3. The van der Waals surface area contributed by atoms with Gasteiger partial charge in [-0.25, -0.2) is 8.42 Å². The van der Waals surface area contributed by atoms with Crippen molar-refractivity contribution in [2.45, 2.75) is 71.0 Å². The van der Waals surface area contributed by atoms with E-state index in [4.69, 9.17) is 21.1 Å². The van der Waals surface area contributed by atoms with Crippen LogP contribution in [0.3, 0.4) is 0 Å². The molecule has 0 aliphatic heterocycles. The number of hydrogen-bond acceptors (Lipinski definition) is 6. The van der Waals surface area contributed by atoms with Crippen LogP contribution < -0.4 is 19.1 Å². The molecule has 0 saturated carbocycles. The zero-order chi connectivity index (χ0) is 32.8. The highest BCUT2D eigenvalue weighted by Gasteiger charge is 2.35. The molecule has 1 atom stereocenters. The number of carbonyl (C=O) groups excluding carboxylic acids is 2. The van der Waals surface area contributed by atoms with E-state index in [0.29, 0.717) is 28.4 Å². The molecule has 3 aromatic carbocycles. The first-order valence-corrected chi connectivity index (χ1v) is 16.1. The van der Waals surface area contributed by atoms with Crippen LogP contribution in [-0.4, -0.2) is 57.5 Å². The molecular formula is C33H42ClN3O6S. The van der Waals surface area contributed by atoms with Gasteiger partial charge < -0.3 is 19.7 Å². The summed E-state index contributed by atoms with van der Waals surface area (Å²) in [5.41, 5.74) is 2.04. The minimum atomic E-state index is -4.31. The van der Waals surface area contributed by atoms with Crippen molar-refractivity contribution in [1.29, 1.82) is 0 Å². The van der Waals surface area contributed by atoms with Crippen LogP contribution in [0, 0.1) is 13.8 Å². The van der Waals surface area contributed by atoms with Gasteiger partial charge >= 0.3 is 0 Å². The SMILES string of the molecule is CCC(C(=O)NC(C)(C)C)N(Cc1ccccc1Cl)C(=O)CN(c1cc(C)cc(C)c1)S(=O)(=O)c1ccc(OC)c(OC)c1. The molecule has 0 saturated heterocycles. The zero-order valence-corrected chi connectivity index (χ0v) is 28.2. The van der Waals surface area contributed by atoms with E-state index < -0.39 is 34.1 Å². The molecule has 11 heteroatoms. The lowest BCUT2D eigenvalue weighted by Crippen LogP contribution is -2.55. The molecule has 3 rings (SSSR count). The molecule has 1 unspecified atom stereocenters. The highest BCUT2D eigenvalue weighted by atomic mass is 35.5. The second-order valence-corrected chi connectivity index (χ2v) is 13.9. The lowest BCUT2D eigenvalue weighted by atomic mass is 10.1. The van der Waals surface area contributed by atoms with Gasteiger partial charge in [0.2, 0.25) is 11.8 Å². The Morgan fingerprint density at radius 3 is 2.09 bits per heavy atom. The zero-order valence-electron chi connectivity index (χ0n) is 26.6. The van der Waals surface area contributed by atoms with Crippen LogP contribution in [0.1, 0.15) is 50.8 Å². The number of carbonyl (C=O) groups is 2. The average molecular weight is 644 g/mol. The highest BCUT2D eigenvalue weighted by molar-refractivity contribution is 7.92. The summed E-state index contributed by atoms with van der Waals surface area (Å²) in [4.78, 5) is 29.2. The first-order valence-electron chi connectivity index (χ1n) is 14.3. The van der Waals surface area contributed by atoms with E-state index in [-0.39, 0.29) is 23.1 Å². The summed E-state index contributed by atoms with van der Waals surface area (Å²) in [6, 6.07) is 15.8. The van der Waals surface area contributed by atoms with Gasteiger partial charge in [0.05, 0.1) is 24.8 Å². The van der Waals surface area contributed by atoms with E-state index >= 15 is 0 Å². The summed E-state index contributed by atoms with van der Waals surface area (Å²) in [6.45, 7) is 10.5. The number of methoxy groups -OCH3 is 2. The van der Waals surface area contributed by atoms with Crippen LogP contribution in [0.15, 0.2) is 65.6 Å². The summed E-state index contributed by atoms with van der Waals surface area (Å²) in [5.74, 6) is -0.322. The molecule has 0 bridgehead atoms. The molecule has 0 aliphatic rings. The van der Waals surface area contributed by atoms with Gasteiger partial charge in [-0.1, -0.05) is 42.8 Å². The smallest absolute Gasteiger partial charge is 0.264 e. The number of nitrogens with zero attached hydrogens (tertiary/aromatic N) is 2. The van der Waals surface area contributed by atoms with Crippen molar-refractivity contribution in [2.24, 2.45) is 0 Å². The van der Waals surface area contributed by atoms with E-state index in [1.807, 2.05) is 47.6 Å². The fraction of sp³-hybridized carbons (Fsp3) is 0.394. The van der Waals surface area contributed by atoms with Gasteiger partial charge in [0, 0.05) is 23.2 Å². The number of rotatable bonds is 12. The predicted molar refractivity (Wildman–Crippen MR) is 174 cm³/mol. The molecule has 0 heterocycles. The van der Waals surface area contributed by atoms with Crippen molar-refractivity contribution in [2.75, 3.05) is 25.1 Å². The van der Waals surface area contributed by atoms with Crippen molar-refractivity contribution in [3.63, 3.8) is 0 Å². The highest BCUT2D eigenvalue weighted by Crippen LogP contribution is 2.33. The van der Waals surface area contributed by atoms with Crippen molar-refractivity contribution >= 4 is 39.1 Å². The van der Waals surface area contributed by atoms with E-state index in [2.05, 4.69) is 5.32 Å². The Labute approximate surface area is 266 Å². The van der Waals surface area contributed by atoms with E-state index in [9.17, 15) is 18.0 Å². The molecule has 1 N–H and O–H groups in total. The van der Waals surface area contributed by atoms with E-state index in [1.54, 1.807) is 36.4 Å². The Bertz CT molecular complexity index is 1580. The number of anilines is 1. The number of sulfonamides is 1. The molecular weight excluding hydrogens is 602 g/mol. The molecule has 0 fully saturated rings. The average Bonchev–Trinajstić information content (AvgIpc) is 2.94. The maximum Gasteiger partial charge on any atom is 0.264 e. The number of benzene rings is 3. The van der Waals surface area contributed by atoms with Gasteiger partial charge in [-0.2, -0.15) is 0 Å². The van der Waals surface area contributed by atoms with Crippen LogP contribution in [0.2, 0.25) is 5.02 Å². The summed E-state index contributed by atoms with van der Waals surface area (Å²) < 4.78 is 40.4. The Morgan fingerprint density at radius 2 is 1.55 bits per heavy atom. The van der Waals surface area contributed by atoms with Crippen LogP contribution in [0.25, 0.3) is 0 Å². The maximum atomic E-state index is 14.3. The number of amides is 2. The second kappa shape index (κ2) is 14.3. The molecule has 0 radical (unpaired) electrons. The number of nitrogens with one attached hydrogen (secondary N) is 1. The van der Waals surface area contributed by atoms with Crippen molar-refractivity contribution in [1.82, 2.24) is 10.2 Å². The van der Waals surface area contributed by atoms with Crippen molar-refractivity contribution < 1.29 is 27.5 Å². The lowest BCUT2D eigenvalue weighted by Gasteiger charge is -2.35. The maximum absolute atomic E-state index is 14.3. The third kappa shape index (κ3) is 8.45. The van der Waals surface area contributed by atoms with E-state index in [1.165, 1.54) is 37.3 Å². The first-order chi connectivity index (χ1) is 20.6. The second-order valence-electron chi connectivity index (χ2n) is 11.7. The van der Waals surface area contributed by atoms with Crippen molar-refractivity contribution in [3.05, 3.63) is 82.4 Å². The van der Waals surface area contributed by atoms with Gasteiger partial charge in [-0.15, -0.1) is 0 Å². The van der Waals surface area contributed by atoms with Crippen molar-refractivity contribution in [3.8, 4) is 11.5 Å². The predicted octanol–water partition coefficient (Wildman–Crippen LogP) is 5.89.